The zero-order valence-corrected chi connectivity index (χ0v) is 24.4. The number of carbonyl (C=O) groups excluding carboxylic acids is 1. The van der Waals surface area contributed by atoms with E-state index in [1.807, 2.05) is 49.3 Å². The lowest BCUT2D eigenvalue weighted by atomic mass is 10.1. The molecule has 0 saturated carbocycles. The van der Waals surface area contributed by atoms with E-state index in [9.17, 15) is 4.79 Å². The quantitative estimate of drug-likeness (QED) is 0.281. The monoisotopic (exact) mass is 544 g/mol. The van der Waals surface area contributed by atoms with Gasteiger partial charge in [-0.2, -0.15) is 0 Å². The zero-order valence-electron chi connectivity index (χ0n) is 23.6. The molecule has 0 unspecified atom stereocenters. The molecule has 0 atom stereocenters. The summed E-state index contributed by atoms with van der Waals surface area (Å²) >= 11 is 1.64. The lowest BCUT2D eigenvalue weighted by Gasteiger charge is -2.35. The molecular formula is C31H40N6OS. The van der Waals surface area contributed by atoms with Gasteiger partial charge in [0.05, 0.1) is 0 Å². The molecule has 1 fully saturated rings. The highest BCUT2D eigenvalue weighted by molar-refractivity contribution is 7.98. The Labute approximate surface area is 237 Å². The van der Waals surface area contributed by atoms with Gasteiger partial charge in [-0.1, -0.05) is 66.4 Å². The minimum Gasteiger partial charge on any atom is -0.354 e. The summed E-state index contributed by atoms with van der Waals surface area (Å²) in [6, 6.07) is 18.3. The van der Waals surface area contributed by atoms with Gasteiger partial charge in [0.15, 0.2) is 5.16 Å². The van der Waals surface area contributed by atoms with E-state index in [0.29, 0.717) is 12.1 Å². The van der Waals surface area contributed by atoms with Crippen LogP contribution in [0.3, 0.4) is 0 Å². The molecule has 39 heavy (non-hydrogen) atoms. The summed E-state index contributed by atoms with van der Waals surface area (Å²) in [5, 5.41) is 3.76. The molecule has 4 rings (SSSR count). The lowest BCUT2D eigenvalue weighted by molar-refractivity contribution is 0.0951. The predicted molar refractivity (Wildman–Crippen MR) is 163 cm³/mol. The molecule has 1 aliphatic rings. The highest BCUT2D eigenvalue weighted by Gasteiger charge is 2.21. The normalized spacial score (nSPS) is 14.3. The van der Waals surface area contributed by atoms with Crippen molar-refractivity contribution in [3.8, 4) is 0 Å². The summed E-state index contributed by atoms with van der Waals surface area (Å²) in [7, 11) is 3.99. The third-order valence-electron chi connectivity index (χ3n) is 6.92. The van der Waals surface area contributed by atoms with Gasteiger partial charge in [-0.05, 0) is 51.2 Å². The number of rotatable bonds is 11. The van der Waals surface area contributed by atoms with Gasteiger partial charge in [0.25, 0.3) is 5.91 Å². The SMILES string of the molecule is Cc1nc(SCc2ccc(C(=O)NCCN(C)C)cc2)nc(N2CCN(C/C=C/c3ccccc3)CC2)c1C. The van der Waals surface area contributed by atoms with Crippen molar-refractivity contribution >= 4 is 29.6 Å². The third kappa shape index (κ3) is 8.65. The van der Waals surface area contributed by atoms with Crippen LogP contribution in [-0.4, -0.2) is 85.6 Å². The van der Waals surface area contributed by atoms with Crippen molar-refractivity contribution in [2.75, 3.05) is 64.8 Å². The van der Waals surface area contributed by atoms with Crippen LogP contribution in [0.1, 0.15) is 32.7 Å². The first-order valence-corrected chi connectivity index (χ1v) is 14.6. The number of hydrogen-bond donors (Lipinski definition) is 1. The van der Waals surface area contributed by atoms with Crippen LogP contribution in [0.2, 0.25) is 0 Å². The lowest BCUT2D eigenvalue weighted by Crippen LogP contribution is -2.47. The standard InChI is InChI=1S/C31H40N6OS/c1-24-25(2)33-31(39-23-27-12-14-28(15-13-27)30(38)32-16-18-35(3)4)34-29(24)37-21-19-36(20-22-37)17-8-11-26-9-6-5-7-10-26/h5-15H,16-23H2,1-4H3,(H,32,38)/b11-8+. The number of aryl methyl sites for hydroxylation is 1. The largest absolute Gasteiger partial charge is 0.354 e. The van der Waals surface area contributed by atoms with Gasteiger partial charge >= 0.3 is 0 Å². The summed E-state index contributed by atoms with van der Waals surface area (Å²) in [5.74, 6) is 1.77. The van der Waals surface area contributed by atoms with Gasteiger partial charge in [0, 0.05) is 68.4 Å². The van der Waals surface area contributed by atoms with Gasteiger partial charge in [-0.3, -0.25) is 9.69 Å². The van der Waals surface area contributed by atoms with Crippen molar-refractivity contribution in [2.45, 2.75) is 24.8 Å². The van der Waals surface area contributed by atoms with Gasteiger partial charge < -0.3 is 15.1 Å². The maximum absolute atomic E-state index is 12.3. The van der Waals surface area contributed by atoms with Crippen LogP contribution in [0, 0.1) is 13.8 Å². The number of hydrogen-bond acceptors (Lipinski definition) is 7. The number of anilines is 1. The molecule has 0 bridgehead atoms. The van der Waals surface area contributed by atoms with Crippen LogP contribution in [0.25, 0.3) is 6.08 Å². The highest BCUT2D eigenvalue weighted by atomic mass is 32.2. The number of carbonyl (C=O) groups is 1. The van der Waals surface area contributed by atoms with Crippen molar-refractivity contribution in [2.24, 2.45) is 0 Å². The van der Waals surface area contributed by atoms with E-state index in [0.717, 1.165) is 72.8 Å². The first-order chi connectivity index (χ1) is 18.9. The third-order valence-corrected chi connectivity index (χ3v) is 7.84. The second-order valence-corrected chi connectivity index (χ2v) is 11.1. The molecule has 3 aromatic rings. The fourth-order valence-electron chi connectivity index (χ4n) is 4.40. The summed E-state index contributed by atoms with van der Waals surface area (Å²) in [6.07, 6.45) is 4.45. The molecule has 2 heterocycles. The van der Waals surface area contributed by atoms with Crippen LogP contribution in [-0.2, 0) is 5.75 Å². The highest BCUT2D eigenvalue weighted by Crippen LogP contribution is 2.27. The first kappa shape index (κ1) is 28.8. The van der Waals surface area contributed by atoms with E-state index in [4.69, 9.17) is 9.97 Å². The van der Waals surface area contributed by atoms with Gasteiger partial charge in [-0.25, -0.2) is 9.97 Å². The van der Waals surface area contributed by atoms with E-state index in [1.54, 1.807) is 11.8 Å². The summed E-state index contributed by atoms with van der Waals surface area (Å²) in [5.41, 5.74) is 5.25. The summed E-state index contributed by atoms with van der Waals surface area (Å²) in [6.45, 7) is 10.5. The Kier molecular flexibility index (Phi) is 10.5. The first-order valence-electron chi connectivity index (χ1n) is 13.6. The smallest absolute Gasteiger partial charge is 0.251 e. The Morgan fingerprint density at radius 3 is 2.41 bits per heavy atom. The van der Waals surface area contributed by atoms with Gasteiger partial charge in [-0.15, -0.1) is 0 Å². The fourth-order valence-corrected chi connectivity index (χ4v) is 5.24. The van der Waals surface area contributed by atoms with Crippen LogP contribution in [0.4, 0.5) is 5.82 Å². The Morgan fingerprint density at radius 1 is 1.00 bits per heavy atom. The van der Waals surface area contributed by atoms with Crippen molar-refractivity contribution < 1.29 is 4.79 Å². The maximum atomic E-state index is 12.3. The fraction of sp³-hybridized carbons (Fsp3) is 0.387. The molecule has 1 aliphatic heterocycles. The maximum Gasteiger partial charge on any atom is 0.251 e. The van der Waals surface area contributed by atoms with Crippen molar-refractivity contribution in [1.29, 1.82) is 0 Å². The number of piperazine rings is 1. The minimum atomic E-state index is -0.0366. The number of aromatic nitrogens is 2. The number of amides is 1. The summed E-state index contributed by atoms with van der Waals surface area (Å²) in [4.78, 5) is 29.0. The van der Waals surface area contributed by atoms with Crippen LogP contribution >= 0.6 is 11.8 Å². The molecule has 0 spiro atoms. The molecule has 1 N–H and O–H groups in total. The van der Waals surface area contributed by atoms with E-state index in [2.05, 4.69) is 65.4 Å². The van der Waals surface area contributed by atoms with E-state index in [-0.39, 0.29) is 5.91 Å². The van der Waals surface area contributed by atoms with Crippen LogP contribution in [0.15, 0.2) is 65.8 Å². The number of thioether (sulfide) groups is 1. The van der Waals surface area contributed by atoms with Crippen LogP contribution in [0.5, 0.6) is 0 Å². The Bertz CT molecular complexity index is 1240. The van der Waals surface area contributed by atoms with Crippen molar-refractivity contribution in [3.63, 3.8) is 0 Å². The van der Waals surface area contributed by atoms with E-state index >= 15 is 0 Å². The average molecular weight is 545 g/mol. The second kappa shape index (κ2) is 14.3. The Morgan fingerprint density at radius 2 is 1.72 bits per heavy atom. The number of nitrogens with one attached hydrogen (secondary N) is 1. The molecule has 1 saturated heterocycles. The summed E-state index contributed by atoms with van der Waals surface area (Å²) < 4.78 is 0. The molecule has 0 radical (unpaired) electrons. The predicted octanol–water partition coefficient (Wildman–Crippen LogP) is 4.51. The van der Waals surface area contributed by atoms with Gasteiger partial charge in [0.2, 0.25) is 0 Å². The molecule has 1 aromatic heterocycles. The average Bonchev–Trinajstić information content (AvgIpc) is 2.94. The Hall–Kier alpha value is -3.20. The van der Waals surface area contributed by atoms with Crippen molar-refractivity contribution in [1.82, 2.24) is 25.1 Å². The second-order valence-electron chi connectivity index (χ2n) is 10.2. The zero-order chi connectivity index (χ0) is 27.6. The number of nitrogens with zero attached hydrogens (tertiary/aromatic N) is 5. The molecular weight excluding hydrogens is 504 g/mol. The van der Waals surface area contributed by atoms with E-state index in [1.165, 1.54) is 5.56 Å². The molecule has 0 aliphatic carbocycles. The molecule has 8 heteroatoms. The van der Waals surface area contributed by atoms with Crippen LogP contribution < -0.4 is 10.2 Å². The molecule has 2 aromatic carbocycles. The Balaban J connectivity index is 1.29. The number of likely N-dealkylation sites (N-methyl/N-ethyl adjacent to an activating group) is 1. The van der Waals surface area contributed by atoms with Gasteiger partial charge in [0.1, 0.15) is 5.82 Å². The molecule has 206 valence electrons. The molecule has 1 amide bonds. The molecule has 7 nitrogen and oxygen atoms in total. The van der Waals surface area contributed by atoms with Crippen molar-refractivity contribution in [3.05, 3.63) is 88.6 Å². The topological polar surface area (TPSA) is 64.6 Å². The number of benzene rings is 2. The van der Waals surface area contributed by atoms with E-state index < -0.39 is 0 Å². The minimum absolute atomic E-state index is 0.0366.